The van der Waals surface area contributed by atoms with E-state index >= 15 is 0 Å². The van der Waals surface area contributed by atoms with E-state index in [1.165, 1.54) is 9.13 Å². The summed E-state index contributed by atoms with van der Waals surface area (Å²) in [5, 5.41) is 0. The molecule has 3 aromatic rings. The third-order valence-corrected chi connectivity index (χ3v) is 4.05. The van der Waals surface area contributed by atoms with Gasteiger partial charge in [0.05, 0.1) is 11.0 Å². The number of fused-ring (bicyclic) bond motifs is 1. The van der Waals surface area contributed by atoms with Crippen LogP contribution in [0.2, 0.25) is 0 Å². The van der Waals surface area contributed by atoms with Gasteiger partial charge in [-0.3, -0.25) is 29.6 Å². The van der Waals surface area contributed by atoms with E-state index in [1.54, 1.807) is 37.4 Å². The SMILES string of the molecule is Cc1cccc(OCC(=O)NNC(=O)Cn2c(=O)n(C)c3ccccc32)c1. The number of ether oxygens (including phenoxy) is 1. The van der Waals surface area contributed by atoms with Crippen LogP contribution in [-0.2, 0) is 23.2 Å². The van der Waals surface area contributed by atoms with Gasteiger partial charge in [-0.15, -0.1) is 0 Å². The van der Waals surface area contributed by atoms with Gasteiger partial charge in [0.1, 0.15) is 12.3 Å². The molecule has 0 bridgehead atoms. The number of carbonyl (C=O) groups is 2. The molecule has 0 saturated heterocycles. The molecule has 0 atom stereocenters. The Morgan fingerprint density at radius 2 is 1.70 bits per heavy atom. The first-order chi connectivity index (χ1) is 13.0. The molecule has 0 aliphatic carbocycles. The van der Waals surface area contributed by atoms with Crippen LogP contribution in [0.25, 0.3) is 11.0 Å². The van der Waals surface area contributed by atoms with Crippen molar-refractivity contribution in [2.45, 2.75) is 13.5 Å². The number of hydrogen-bond acceptors (Lipinski definition) is 4. The number of amides is 2. The summed E-state index contributed by atoms with van der Waals surface area (Å²) in [6.07, 6.45) is 0. The smallest absolute Gasteiger partial charge is 0.329 e. The van der Waals surface area contributed by atoms with Gasteiger partial charge in [0, 0.05) is 7.05 Å². The molecule has 8 nitrogen and oxygen atoms in total. The normalized spacial score (nSPS) is 10.6. The number of aromatic nitrogens is 2. The van der Waals surface area contributed by atoms with Crippen molar-refractivity contribution in [1.29, 1.82) is 0 Å². The molecule has 0 unspecified atom stereocenters. The summed E-state index contributed by atoms with van der Waals surface area (Å²) in [5.41, 5.74) is 6.65. The molecule has 0 radical (unpaired) electrons. The minimum absolute atomic E-state index is 0.209. The average molecular weight is 368 g/mol. The van der Waals surface area contributed by atoms with E-state index in [2.05, 4.69) is 10.9 Å². The highest BCUT2D eigenvalue weighted by molar-refractivity contribution is 5.84. The van der Waals surface area contributed by atoms with Crippen molar-refractivity contribution in [2.24, 2.45) is 7.05 Å². The van der Waals surface area contributed by atoms with Crippen molar-refractivity contribution >= 4 is 22.8 Å². The minimum atomic E-state index is -0.516. The molecule has 1 aromatic heterocycles. The van der Waals surface area contributed by atoms with E-state index in [-0.39, 0.29) is 18.8 Å². The van der Waals surface area contributed by atoms with Crippen molar-refractivity contribution < 1.29 is 14.3 Å². The maximum absolute atomic E-state index is 12.3. The quantitative estimate of drug-likeness (QED) is 0.654. The Hall–Kier alpha value is -3.55. The highest BCUT2D eigenvalue weighted by Crippen LogP contribution is 2.12. The molecule has 27 heavy (non-hydrogen) atoms. The summed E-state index contributed by atoms with van der Waals surface area (Å²) < 4.78 is 8.17. The predicted molar refractivity (Wildman–Crippen MR) is 100 cm³/mol. The number of nitrogens with one attached hydrogen (secondary N) is 2. The Labute approximate surface area is 155 Å². The van der Waals surface area contributed by atoms with Crippen LogP contribution in [0.3, 0.4) is 0 Å². The first kappa shape index (κ1) is 18.2. The zero-order valence-corrected chi connectivity index (χ0v) is 15.1. The lowest BCUT2D eigenvalue weighted by Crippen LogP contribution is -2.45. The zero-order chi connectivity index (χ0) is 19.4. The molecule has 0 fully saturated rings. The number of rotatable bonds is 5. The summed E-state index contributed by atoms with van der Waals surface area (Å²) in [6.45, 7) is 1.47. The summed E-state index contributed by atoms with van der Waals surface area (Å²) in [7, 11) is 1.64. The number of imidazole rings is 1. The predicted octanol–water partition coefficient (Wildman–Crippen LogP) is 0.875. The van der Waals surface area contributed by atoms with E-state index in [4.69, 9.17) is 4.74 Å². The Morgan fingerprint density at radius 3 is 2.44 bits per heavy atom. The average Bonchev–Trinajstić information content (AvgIpc) is 2.90. The molecule has 2 N–H and O–H groups in total. The second kappa shape index (κ2) is 7.77. The van der Waals surface area contributed by atoms with Crippen LogP contribution in [-0.4, -0.2) is 27.6 Å². The van der Waals surface area contributed by atoms with E-state index in [0.717, 1.165) is 11.1 Å². The molecule has 140 valence electrons. The van der Waals surface area contributed by atoms with Gasteiger partial charge in [-0.05, 0) is 36.8 Å². The monoisotopic (exact) mass is 368 g/mol. The third kappa shape index (κ3) is 4.17. The zero-order valence-electron chi connectivity index (χ0n) is 15.1. The maximum atomic E-state index is 12.3. The molecule has 0 spiro atoms. The maximum Gasteiger partial charge on any atom is 0.329 e. The van der Waals surface area contributed by atoms with E-state index in [9.17, 15) is 14.4 Å². The Bertz CT molecular complexity index is 1050. The number of aryl methyl sites for hydroxylation is 2. The molecule has 0 aliphatic rings. The molecule has 2 amide bonds. The van der Waals surface area contributed by atoms with E-state index < -0.39 is 11.8 Å². The van der Waals surface area contributed by atoms with Gasteiger partial charge < -0.3 is 4.74 Å². The van der Waals surface area contributed by atoms with Crippen LogP contribution in [0.5, 0.6) is 5.75 Å². The molecule has 0 saturated carbocycles. The van der Waals surface area contributed by atoms with Crippen LogP contribution < -0.4 is 21.3 Å². The van der Waals surface area contributed by atoms with Gasteiger partial charge in [-0.1, -0.05) is 24.3 Å². The third-order valence-electron chi connectivity index (χ3n) is 4.05. The Balaban J connectivity index is 1.55. The van der Waals surface area contributed by atoms with Gasteiger partial charge in [0.15, 0.2) is 6.61 Å². The lowest BCUT2D eigenvalue weighted by molar-refractivity contribution is -0.130. The van der Waals surface area contributed by atoms with Gasteiger partial charge in [0.2, 0.25) is 0 Å². The largest absolute Gasteiger partial charge is 0.484 e. The summed E-state index contributed by atoms with van der Waals surface area (Å²) in [5.74, 6) is -0.453. The second-order valence-corrected chi connectivity index (χ2v) is 6.12. The highest BCUT2D eigenvalue weighted by atomic mass is 16.5. The van der Waals surface area contributed by atoms with Gasteiger partial charge >= 0.3 is 5.69 Å². The standard InChI is InChI=1S/C19H20N4O4/c1-13-6-5-7-14(10-13)27-12-18(25)21-20-17(24)11-23-16-9-4-3-8-15(16)22(2)19(23)26/h3-10H,11-12H2,1-2H3,(H,20,24)(H,21,25). The number of nitrogens with zero attached hydrogens (tertiary/aromatic N) is 2. The van der Waals surface area contributed by atoms with Crippen LogP contribution in [0, 0.1) is 6.92 Å². The number of hydrogen-bond donors (Lipinski definition) is 2. The van der Waals surface area contributed by atoms with Crippen molar-refractivity contribution in [3.05, 3.63) is 64.6 Å². The molecule has 2 aromatic carbocycles. The summed E-state index contributed by atoms with van der Waals surface area (Å²) in [4.78, 5) is 36.2. The Morgan fingerprint density at radius 1 is 1.00 bits per heavy atom. The molecule has 3 rings (SSSR count). The van der Waals surface area contributed by atoms with Crippen LogP contribution >= 0.6 is 0 Å². The van der Waals surface area contributed by atoms with Crippen molar-refractivity contribution in [1.82, 2.24) is 20.0 Å². The first-order valence-electron chi connectivity index (χ1n) is 8.37. The molecular formula is C19H20N4O4. The fourth-order valence-corrected chi connectivity index (χ4v) is 2.73. The van der Waals surface area contributed by atoms with Crippen molar-refractivity contribution in [3.8, 4) is 5.75 Å². The Kier molecular flexibility index (Phi) is 5.25. The molecule has 8 heteroatoms. The van der Waals surface area contributed by atoms with Crippen LogP contribution in [0.1, 0.15) is 5.56 Å². The van der Waals surface area contributed by atoms with Crippen molar-refractivity contribution in [3.63, 3.8) is 0 Å². The molecular weight excluding hydrogens is 348 g/mol. The lowest BCUT2D eigenvalue weighted by Gasteiger charge is -2.09. The molecule has 0 aliphatic heterocycles. The number of benzene rings is 2. The van der Waals surface area contributed by atoms with E-state index in [0.29, 0.717) is 11.3 Å². The number of para-hydroxylation sites is 2. The summed E-state index contributed by atoms with van der Waals surface area (Å²) >= 11 is 0. The fraction of sp³-hybridized carbons (Fsp3) is 0.211. The lowest BCUT2D eigenvalue weighted by atomic mass is 10.2. The first-order valence-corrected chi connectivity index (χ1v) is 8.37. The summed E-state index contributed by atoms with van der Waals surface area (Å²) in [6, 6.07) is 14.5. The second-order valence-electron chi connectivity index (χ2n) is 6.12. The van der Waals surface area contributed by atoms with Crippen molar-refractivity contribution in [2.75, 3.05) is 6.61 Å². The minimum Gasteiger partial charge on any atom is -0.484 e. The number of carbonyl (C=O) groups excluding carboxylic acids is 2. The van der Waals surface area contributed by atoms with Gasteiger partial charge in [-0.25, -0.2) is 4.79 Å². The highest BCUT2D eigenvalue weighted by Gasteiger charge is 2.13. The van der Waals surface area contributed by atoms with Gasteiger partial charge in [-0.2, -0.15) is 0 Å². The fourth-order valence-electron chi connectivity index (χ4n) is 2.73. The van der Waals surface area contributed by atoms with Crippen LogP contribution in [0.15, 0.2) is 53.3 Å². The topological polar surface area (TPSA) is 94.4 Å². The molecule has 1 heterocycles. The van der Waals surface area contributed by atoms with Crippen LogP contribution in [0.4, 0.5) is 0 Å². The van der Waals surface area contributed by atoms with E-state index in [1.807, 2.05) is 25.1 Å². The number of hydrazine groups is 1. The van der Waals surface area contributed by atoms with Gasteiger partial charge in [0.25, 0.3) is 11.8 Å².